The highest BCUT2D eigenvalue weighted by Crippen LogP contribution is 2.19. The number of carbonyl (C=O) groups excluding carboxylic acids is 1. The largest absolute Gasteiger partial charge is 0.376 e. The number of amides is 1. The van der Waals surface area contributed by atoms with Crippen molar-refractivity contribution in [2.24, 2.45) is 17.4 Å². The van der Waals surface area contributed by atoms with Crippen molar-refractivity contribution in [2.75, 3.05) is 6.61 Å². The third-order valence-corrected chi connectivity index (χ3v) is 3.05. The zero-order valence-electron chi connectivity index (χ0n) is 9.45. The van der Waals surface area contributed by atoms with Crippen molar-refractivity contribution < 1.29 is 9.53 Å². The molecule has 1 fully saturated rings. The maximum atomic E-state index is 10.8. The van der Waals surface area contributed by atoms with Gasteiger partial charge in [0.2, 0.25) is 5.91 Å². The van der Waals surface area contributed by atoms with Gasteiger partial charge in [-0.25, -0.2) is 0 Å². The van der Waals surface area contributed by atoms with Crippen LogP contribution in [0.25, 0.3) is 0 Å². The first-order valence-electron chi connectivity index (χ1n) is 5.77. The van der Waals surface area contributed by atoms with Gasteiger partial charge in [-0.05, 0) is 12.8 Å². The summed E-state index contributed by atoms with van der Waals surface area (Å²) < 4.78 is 5.67. The molecule has 1 aliphatic rings. The lowest BCUT2D eigenvalue weighted by Crippen LogP contribution is -2.37. The topological polar surface area (TPSA) is 78.3 Å². The van der Waals surface area contributed by atoms with Crippen molar-refractivity contribution in [3.63, 3.8) is 0 Å². The van der Waals surface area contributed by atoms with E-state index in [9.17, 15) is 4.79 Å². The number of ether oxygens (including phenoxy) is 1. The molecule has 88 valence electrons. The fourth-order valence-electron chi connectivity index (χ4n) is 1.86. The number of hydrogen-bond acceptors (Lipinski definition) is 3. The van der Waals surface area contributed by atoms with E-state index in [-0.39, 0.29) is 24.0 Å². The van der Waals surface area contributed by atoms with E-state index in [4.69, 9.17) is 16.2 Å². The van der Waals surface area contributed by atoms with Crippen LogP contribution in [0.4, 0.5) is 0 Å². The van der Waals surface area contributed by atoms with Crippen LogP contribution >= 0.6 is 0 Å². The molecule has 15 heavy (non-hydrogen) atoms. The van der Waals surface area contributed by atoms with E-state index in [1.54, 1.807) is 6.92 Å². The van der Waals surface area contributed by atoms with Crippen molar-refractivity contribution in [2.45, 2.75) is 51.2 Å². The average molecular weight is 214 g/mol. The minimum atomic E-state index is -0.308. The van der Waals surface area contributed by atoms with E-state index in [0.717, 1.165) is 12.8 Å². The molecule has 1 rings (SSSR count). The number of carbonyl (C=O) groups is 1. The Kier molecular flexibility index (Phi) is 5.05. The summed E-state index contributed by atoms with van der Waals surface area (Å²) in [6, 6.07) is 0.118. The van der Waals surface area contributed by atoms with Gasteiger partial charge in [-0.3, -0.25) is 4.79 Å². The minimum Gasteiger partial charge on any atom is -0.376 e. The molecule has 3 atom stereocenters. The molecule has 0 spiro atoms. The maximum Gasteiger partial charge on any atom is 0.222 e. The molecule has 0 bridgehead atoms. The van der Waals surface area contributed by atoms with Gasteiger partial charge in [0.25, 0.3) is 0 Å². The first kappa shape index (κ1) is 12.5. The molecule has 0 saturated heterocycles. The fraction of sp³-hybridized carbons (Fsp3) is 0.909. The zero-order valence-corrected chi connectivity index (χ0v) is 9.45. The number of primary amides is 1. The first-order valence-corrected chi connectivity index (χ1v) is 5.77. The van der Waals surface area contributed by atoms with Crippen LogP contribution < -0.4 is 11.5 Å². The Morgan fingerprint density at radius 2 is 2.07 bits per heavy atom. The predicted octanol–water partition coefficient (Wildman–Crippen LogP) is 0.784. The molecule has 1 aliphatic carbocycles. The van der Waals surface area contributed by atoms with Gasteiger partial charge >= 0.3 is 0 Å². The van der Waals surface area contributed by atoms with E-state index in [1.165, 1.54) is 19.3 Å². The Morgan fingerprint density at radius 3 is 2.73 bits per heavy atom. The zero-order chi connectivity index (χ0) is 11.3. The molecule has 1 saturated carbocycles. The van der Waals surface area contributed by atoms with E-state index >= 15 is 0 Å². The van der Waals surface area contributed by atoms with Gasteiger partial charge in [0.1, 0.15) is 0 Å². The summed E-state index contributed by atoms with van der Waals surface area (Å²) in [4.78, 5) is 10.8. The molecule has 3 unspecified atom stereocenters. The van der Waals surface area contributed by atoms with Crippen LogP contribution in [0.1, 0.15) is 39.0 Å². The van der Waals surface area contributed by atoms with Crippen LogP contribution in [0, 0.1) is 5.92 Å². The number of rotatable bonds is 4. The van der Waals surface area contributed by atoms with Crippen molar-refractivity contribution in [3.05, 3.63) is 0 Å². The Labute approximate surface area is 91.3 Å². The molecule has 0 aliphatic heterocycles. The van der Waals surface area contributed by atoms with E-state index in [2.05, 4.69) is 0 Å². The Bertz CT molecular complexity index is 209. The van der Waals surface area contributed by atoms with Gasteiger partial charge in [0.05, 0.1) is 18.6 Å². The summed E-state index contributed by atoms with van der Waals surface area (Å²) >= 11 is 0. The summed E-state index contributed by atoms with van der Waals surface area (Å²) in [6.07, 6.45) is 5.73. The monoisotopic (exact) mass is 214 g/mol. The Hall–Kier alpha value is -0.610. The number of hydrogen-bond donors (Lipinski definition) is 2. The molecule has 4 heteroatoms. The van der Waals surface area contributed by atoms with E-state index < -0.39 is 0 Å². The van der Waals surface area contributed by atoms with Gasteiger partial charge in [-0.2, -0.15) is 0 Å². The van der Waals surface area contributed by atoms with Crippen molar-refractivity contribution >= 4 is 5.91 Å². The molecule has 1 amide bonds. The highest BCUT2D eigenvalue weighted by Gasteiger charge is 2.22. The molecule has 0 heterocycles. The lowest BCUT2D eigenvalue weighted by molar-refractivity contribution is -0.124. The van der Waals surface area contributed by atoms with Gasteiger partial charge in [0.15, 0.2) is 0 Å². The van der Waals surface area contributed by atoms with E-state index in [1.807, 2.05) is 0 Å². The summed E-state index contributed by atoms with van der Waals surface area (Å²) in [5.74, 6) is -0.530. The molecule has 4 N–H and O–H groups in total. The van der Waals surface area contributed by atoms with E-state index in [0.29, 0.717) is 6.61 Å². The summed E-state index contributed by atoms with van der Waals surface area (Å²) in [5.41, 5.74) is 11.2. The molecule has 0 aromatic heterocycles. The predicted molar refractivity (Wildman–Crippen MR) is 59.2 cm³/mol. The Morgan fingerprint density at radius 1 is 1.40 bits per heavy atom. The smallest absolute Gasteiger partial charge is 0.222 e. The molecular formula is C11H22N2O2. The van der Waals surface area contributed by atoms with Crippen LogP contribution in [0.5, 0.6) is 0 Å². The SMILES string of the molecule is CC(COC1CCCCCC1N)C(N)=O. The molecule has 4 nitrogen and oxygen atoms in total. The van der Waals surface area contributed by atoms with Crippen LogP contribution in [0.2, 0.25) is 0 Å². The summed E-state index contributed by atoms with van der Waals surface area (Å²) in [5, 5.41) is 0. The minimum absolute atomic E-state index is 0.106. The van der Waals surface area contributed by atoms with Gasteiger partial charge in [0, 0.05) is 6.04 Å². The quantitative estimate of drug-likeness (QED) is 0.679. The molecule has 0 radical (unpaired) electrons. The van der Waals surface area contributed by atoms with Crippen LogP contribution in [-0.2, 0) is 9.53 Å². The second-order valence-corrected chi connectivity index (χ2v) is 4.48. The lowest BCUT2D eigenvalue weighted by atomic mass is 10.1. The lowest BCUT2D eigenvalue weighted by Gasteiger charge is -2.23. The molecule has 0 aromatic carbocycles. The summed E-state index contributed by atoms with van der Waals surface area (Å²) in [6.45, 7) is 2.18. The highest BCUT2D eigenvalue weighted by atomic mass is 16.5. The van der Waals surface area contributed by atoms with Crippen molar-refractivity contribution in [1.29, 1.82) is 0 Å². The second-order valence-electron chi connectivity index (χ2n) is 4.48. The standard InChI is InChI=1S/C11H22N2O2/c1-8(11(13)14)7-15-10-6-4-2-3-5-9(10)12/h8-10H,2-7,12H2,1H3,(H2,13,14). The maximum absolute atomic E-state index is 10.8. The van der Waals surface area contributed by atoms with Crippen LogP contribution in [0.3, 0.4) is 0 Å². The first-order chi connectivity index (χ1) is 7.11. The fourth-order valence-corrected chi connectivity index (χ4v) is 1.86. The third-order valence-electron chi connectivity index (χ3n) is 3.05. The van der Waals surface area contributed by atoms with Crippen LogP contribution in [-0.4, -0.2) is 24.7 Å². The normalized spacial score (nSPS) is 29.5. The third kappa shape index (κ3) is 4.18. The van der Waals surface area contributed by atoms with Gasteiger partial charge < -0.3 is 16.2 Å². The van der Waals surface area contributed by atoms with Gasteiger partial charge in [-0.1, -0.05) is 26.2 Å². The Balaban J connectivity index is 2.32. The highest BCUT2D eigenvalue weighted by molar-refractivity contribution is 5.76. The molecular weight excluding hydrogens is 192 g/mol. The number of nitrogens with two attached hydrogens (primary N) is 2. The van der Waals surface area contributed by atoms with Crippen molar-refractivity contribution in [1.82, 2.24) is 0 Å². The second kappa shape index (κ2) is 6.08. The van der Waals surface area contributed by atoms with Gasteiger partial charge in [-0.15, -0.1) is 0 Å². The molecule has 0 aromatic rings. The summed E-state index contributed by atoms with van der Waals surface area (Å²) in [7, 11) is 0. The van der Waals surface area contributed by atoms with Crippen LogP contribution in [0.15, 0.2) is 0 Å². The average Bonchev–Trinajstić information content (AvgIpc) is 2.39. The van der Waals surface area contributed by atoms with Crippen molar-refractivity contribution in [3.8, 4) is 0 Å².